The third kappa shape index (κ3) is 4.17. The minimum Gasteiger partial charge on any atom is -0.478 e. The standard InChI is InChI=1S/C22H29NO3/c1-15(2)20-10-6-5-7-16(20)11-19(22(25)26)12-21(24)23-13-17-8-3-4-9-18(17)14-23/h5-7,10-11,15,17-18H,3-4,8-9,12-14H2,1-2H3,(H,25,26)/b19-11+. The molecule has 0 bridgehead atoms. The van der Waals surface area contributed by atoms with Gasteiger partial charge in [-0.2, -0.15) is 0 Å². The van der Waals surface area contributed by atoms with Crippen molar-refractivity contribution in [1.29, 1.82) is 0 Å². The zero-order chi connectivity index (χ0) is 18.7. The molecule has 1 saturated heterocycles. The quantitative estimate of drug-likeness (QED) is 0.801. The molecule has 2 fully saturated rings. The number of hydrogen-bond acceptors (Lipinski definition) is 2. The van der Waals surface area contributed by atoms with Crippen molar-refractivity contribution in [3.8, 4) is 0 Å². The highest BCUT2D eigenvalue weighted by atomic mass is 16.4. The summed E-state index contributed by atoms with van der Waals surface area (Å²) in [4.78, 5) is 26.4. The summed E-state index contributed by atoms with van der Waals surface area (Å²) in [5, 5.41) is 9.62. The fourth-order valence-electron chi connectivity index (χ4n) is 4.43. The number of rotatable bonds is 5. The van der Waals surface area contributed by atoms with Gasteiger partial charge in [-0.15, -0.1) is 0 Å². The molecule has 0 aromatic heterocycles. The third-order valence-corrected chi connectivity index (χ3v) is 5.89. The van der Waals surface area contributed by atoms with E-state index < -0.39 is 5.97 Å². The van der Waals surface area contributed by atoms with Crippen LogP contribution < -0.4 is 0 Å². The van der Waals surface area contributed by atoms with Crippen LogP contribution in [0, 0.1) is 11.8 Å². The van der Waals surface area contributed by atoms with E-state index in [2.05, 4.69) is 13.8 Å². The molecule has 1 aliphatic carbocycles. The number of amides is 1. The van der Waals surface area contributed by atoms with Crippen LogP contribution in [0.25, 0.3) is 6.08 Å². The summed E-state index contributed by atoms with van der Waals surface area (Å²) in [6.45, 7) is 5.78. The lowest BCUT2D eigenvalue weighted by atomic mass is 9.82. The van der Waals surface area contributed by atoms with E-state index in [0.717, 1.165) is 24.2 Å². The van der Waals surface area contributed by atoms with Gasteiger partial charge in [0.15, 0.2) is 0 Å². The van der Waals surface area contributed by atoms with Crippen molar-refractivity contribution in [2.45, 2.75) is 51.9 Å². The molecular weight excluding hydrogens is 326 g/mol. The summed E-state index contributed by atoms with van der Waals surface area (Å²) in [5.41, 5.74) is 2.17. The van der Waals surface area contributed by atoms with Crippen molar-refractivity contribution in [1.82, 2.24) is 4.90 Å². The maximum Gasteiger partial charge on any atom is 0.332 e. The van der Waals surface area contributed by atoms with Gasteiger partial charge < -0.3 is 10.0 Å². The maximum atomic E-state index is 12.7. The van der Waals surface area contributed by atoms with E-state index in [9.17, 15) is 14.7 Å². The number of carbonyl (C=O) groups excluding carboxylic acids is 1. The molecule has 0 radical (unpaired) electrons. The lowest BCUT2D eigenvalue weighted by molar-refractivity contribution is -0.136. The van der Waals surface area contributed by atoms with Crippen molar-refractivity contribution in [2.75, 3.05) is 13.1 Å². The highest BCUT2D eigenvalue weighted by molar-refractivity contribution is 5.98. The fourth-order valence-corrected chi connectivity index (χ4v) is 4.43. The van der Waals surface area contributed by atoms with Crippen molar-refractivity contribution >= 4 is 18.0 Å². The van der Waals surface area contributed by atoms with Crippen LogP contribution in [0.15, 0.2) is 29.8 Å². The van der Waals surface area contributed by atoms with Gasteiger partial charge in [0.2, 0.25) is 5.91 Å². The van der Waals surface area contributed by atoms with Gasteiger partial charge in [0.1, 0.15) is 0 Å². The molecule has 1 saturated carbocycles. The number of benzene rings is 1. The van der Waals surface area contributed by atoms with Crippen LogP contribution >= 0.6 is 0 Å². The van der Waals surface area contributed by atoms with E-state index in [0.29, 0.717) is 17.8 Å². The van der Waals surface area contributed by atoms with Crippen LogP contribution in [0.2, 0.25) is 0 Å². The molecule has 2 atom stereocenters. The molecule has 4 nitrogen and oxygen atoms in total. The lowest BCUT2D eigenvalue weighted by Crippen LogP contribution is -2.29. The SMILES string of the molecule is CC(C)c1ccccc1/C=C(\CC(=O)N1CC2CCCCC2C1)C(=O)O. The van der Waals surface area contributed by atoms with Gasteiger partial charge in [0.05, 0.1) is 6.42 Å². The Kier molecular flexibility index (Phi) is 5.80. The summed E-state index contributed by atoms with van der Waals surface area (Å²) >= 11 is 0. The van der Waals surface area contributed by atoms with Gasteiger partial charge in [-0.25, -0.2) is 4.79 Å². The van der Waals surface area contributed by atoms with Gasteiger partial charge in [-0.3, -0.25) is 4.79 Å². The van der Waals surface area contributed by atoms with E-state index >= 15 is 0 Å². The Morgan fingerprint density at radius 3 is 2.35 bits per heavy atom. The number of likely N-dealkylation sites (tertiary alicyclic amines) is 1. The molecule has 1 aliphatic heterocycles. The Morgan fingerprint density at radius 2 is 1.77 bits per heavy atom. The van der Waals surface area contributed by atoms with Crippen LogP contribution in [0.1, 0.15) is 63.0 Å². The predicted molar refractivity (Wildman–Crippen MR) is 103 cm³/mol. The Morgan fingerprint density at radius 1 is 1.15 bits per heavy atom. The van der Waals surface area contributed by atoms with E-state index in [4.69, 9.17) is 0 Å². The average molecular weight is 355 g/mol. The molecule has 2 unspecified atom stereocenters. The second-order valence-electron chi connectivity index (χ2n) is 8.04. The molecule has 1 heterocycles. The normalized spacial score (nSPS) is 23.2. The number of nitrogens with zero attached hydrogens (tertiary/aromatic N) is 1. The lowest BCUT2D eigenvalue weighted by Gasteiger charge is -2.22. The predicted octanol–water partition coefficient (Wildman–Crippen LogP) is 4.32. The maximum absolute atomic E-state index is 12.7. The zero-order valence-electron chi connectivity index (χ0n) is 15.8. The first-order chi connectivity index (χ1) is 12.5. The first-order valence-corrected chi connectivity index (χ1v) is 9.76. The minimum absolute atomic E-state index is 0.0266. The molecule has 140 valence electrons. The minimum atomic E-state index is -1.01. The van der Waals surface area contributed by atoms with Crippen molar-refractivity contribution in [3.63, 3.8) is 0 Å². The molecular formula is C22H29NO3. The molecule has 1 aromatic carbocycles. The van der Waals surface area contributed by atoms with Crippen LogP contribution in [-0.2, 0) is 9.59 Å². The van der Waals surface area contributed by atoms with Crippen LogP contribution in [-0.4, -0.2) is 35.0 Å². The fraction of sp³-hybridized carbons (Fsp3) is 0.545. The van der Waals surface area contributed by atoms with E-state index in [1.54, 1.807) is 6.08 Å². The van der Waals surface area contributed by atoms with Gasteiger partial charge in [-0.05, 0) is 47.8 Å². The van der Waals surface area contributed by atoms with Gasteiger partial charge in [0, 0.05) is 18.7 Å². The Labute approximate surface area is 155 Å². The Bertz CT molecular complexity index is 693. The second-order valence-corrected chi connectivity index (χ2v) is 8.04. The van der Waals surface area contributed by atoms with E-state index in [-0.39, 0.29) is 17.9 Å². The van der Waals surface area contributed by atoms with Crippen LogP contribution in [0.4, 0.5) is 0 Å². The largest absolute Gasteiger partial charge is 0.478 e. The van der Waals surface area contributed by atoms with Gasteiger partial charge in [-0.1, -0.05) is 51.0 Å². The molecule has 1 aromatic rings. The highest BCUT2D eigenvalue weighted by Crippen LogP contribution is 2.36. The number of aliphatic carboxylic acids is 1. The first kappa shape index (κ1) is 18.7. The molecule has 1 amide bonds. The molecule has 1 N–H and O–H groups in total. The molecule has 4 heteroatoms. The topological polar surface area (TPSA) is 57.6 Å². The Balaban J connectivity index is 1.75. The van der Waals surface area contributed by atoms with Gasteiger partial charge >= 0.3 is 5.97 Å². The third-order valence-electron chi connectivity index (χ3n) is 5.89. The van der Waals surface area contributed by atoms with Crippen molar-refractivity contribution in [2.24, 2.45) is 11.8 Å². The van der Waals surface area contributed by atoms with Crippen molar-refractivity contribution < 1.29 is 14.7 Å². The van der Waals surface area contributed by atoms with Crippen molar-refractivity contribution in [3.05, 3.63) is 41.0 Å². The summed E-state index contributed by atoms with van der Waals surface area (Å²) in [6.07, 6.45) is 6.58. The summed E-state index contributed by atoms with van der Waals surface area (Å²) in [6, 6.07) is 7.81. The first-order valence-electron chi connectivity index (χ1n) is 9.76. The van der Waals surface area contributed by atoms with Gasteiger partial charge in [0.25, 0.3) is 0 Å². The average Bonchev–Trinajstić information content (AvgIpc) is 3.05. The smallest absolute Gasteiger partial charge is 0.332 e. The summed E-state index contributed by atoms with van der Waals surface area (Å²) in [7, 11) is 0. The van der Waals surface area contributed by atoms with Crippen LogP contribution in [0.5, 0.6) is 0 Å². The number of carbonyl (C=O) groups is 2. The number of carboxylic acid groups (broad SMARTS) is 1. The molecule has 26 heavy (non-hydrogen) atoms. The Hall–Kier alpha value is -2.10. The van der Waals surface area contributed by atoms with Crippen LogP contribution in [0.3, 0.4) is 0 Å². The second kappa shape index (κ2) is 8.07. The highest BCUT2D eigenvalue weighted by Gasteiger charge is 2.36. The number of carboxylic acids is 1. The molecule has 2 aliphatic rings. The number of fused-ring (bicyclic) bond motifs is 1. The van der Waals surface area contributed by atoms with E-state index in [1.165, 1.54) is 25.7 Å². The zero-order valence-corrected chi connectivity index (χ0v) is 15.8. The van der Waals surface area contributed by atoms with E-state index in [1.807, 2.05) is 29.2 Å². The monoisotopic (exact) mass is 355 g/mol. The summed E-state index contributed by atoms with van der Waals surface area (Å²) < 4.78 is 0. The molecule has 3 rings (SSSR count). The summed E-state index contributed by atoms with van der Waals surface area (Å²) in [5.74, 6) is 0.483. The molecule has 0 spiro atoms. The number of hydrogen-bond donors (Lipinski definition) is 1.